The van der Waals surface area contributed by atoms with E-state index in [0.29, 0.717) is 12.3 Å². The molecule has 0 amide bonds. The largest absolute Gasteiger partial charge is 0.497 e. The van der Waals surface area contributed by atoms with Crippen LogP contribution in [0, 0.1) is 5.92 Å². The second kappa shape index (κ2) is 15.3. The fourth-order valence-electron chi connectivity index (χ4n) is 4.18. The summed E-state index contributed by atoms with van der Waals surface area (Å²) in [4.78, 5) is 3.42. The quantitative estimate of drug-likeness (QED) is 0.0733. The molecule has 0 aromatic heterocycles. The Morgan fingerprint density at radius 2 is 1.38 bits per heavy atom. The van der Waals surface area contributed by atoms with Crippen LogP contribution in [0.2, 0.25) is 0 Å². The molecule has 0 saturated heterocycles. The molecule has 0 spiro atoms. The molecule has 0 atom stereocenters. The summed E-state index contributed by atoms with van der Waals surface area (Å²) in [5.74, 6) is 3.14. The van der Waals surface area contributed by atoms with Gasteiger partial charge in [-0.2, -0.15) is 4.40 Å². The van der Waals surface area contributed by atoms with Crippen LogP contribution in [0.25, 0.3) is 0 Å². The number of benzene rings is 3. The maximum atomic E-state index is 6.45. The minimum absolute atomic E-state index is 0.153. The highest BCUT2D eigenvalue weighted by Gasteiger charge is 2.20. The first-order chi connectivity index (χ1) is 18.2. The average Bonchev–Trinajstić information content (AvgIpc) is 2.95. The Morgan fingerprint density at radius 3 is 1.97 bits per heavy atom. The predicted octanol–water partition coefficient (Wildman–Crippen LogP) is 9.01. The minimum atomic E-state index is 0.153. The van der Waals surface area contributed by atoms with Gasteiger partial charge in [-0.25, -0.2) is 0 Å². The SMILES string of the molecule is COc1cccc(SC(CC(=NSc2ccccc2)OCC2CCCCC2)Sc2cccc(OC)c2)c1. The molecule has 196 valence electrons. The second-order valence-electron chi connectivity index (χ2n) is 8.93. The van der Waals surface area contributed by atoms with Gasteiger partial charge in [0, 0.05) is 33.1 Å². The predicted molar refractivity (Wildman–Crippen MR) is 158 cm³/mol. The number of nitrogens with zero attached hydrogens (tertiary/aromatic N) is 1. The molecule has 1 aliphatic rings. The van der Waals surface area contributed by atoms with Crippen LogP contribution in [0.4, 0.5) is 0 Å². The highest BCUT2D eigenvalue weighted by Crippen LogP contribution is 2.40. The molecule has 1 saturated carbocycles. The smallest absolute Gasteiger partial charge is 0.197 e. The van der Waals surface area contributed by atoms with Crippen LogP contribution in [0.15, 0.2) is 97.9 Å². The molecule has 0 radical (unpaired) electrons. The summed E-state index contributed by atoms with van der Waals surface area (Å²) >= 11 is 5.11. The minimum Gasteiger partial charge on any atom is -0.497 e. The van der Waals surface area contributed by atoms with E-state index in [1.165, 1.54) is 44.1 Å². The van der Waals surface area contributed by atoms with Crippen molar-refractivity contribution in [1.82, 2.24) is 0 Å². The Labute approximate surface area is 234 Å². The van der Waals surface area contributed by atoms with Crippen LogP contribution in [-0.4, -0.2) is 31.3 Å². The highest BCUT2D eigenvalue weighted by atomic mass is 32.2. The summed E-state index contributed by atoms with van der Waals surface area (Å²) in [6.45, 7) is 0.745. The Balaban J connectivity index is 1.54. The van der Waals surface area contributed by atoms with Gasteiger partial charge >= 0.3 is 0 Å². The maximum absolute atomic E-state index is 6.45. The van der Waals surface area contributed by atoms with Gasteiger partial charge in [-0.3, -0.25) is 0 Å². The Bertz CT molecular complexity index is 1070. The van der Waals surface area contributed by atoms with E-state index in [1.54, 1.807) is 14.2 Å². The topological polar surface area (TPSA) is 40.0 Å². The van der Waals surface area contributed by atoms with Crippen LogP contribution < -0.4 is 9.47 Å². The molecule has 3 aromatic rings. The molecule has 0 unspecified atom stereocenters. The van der Waals surface area contributed by atoms with Gasteiger partial charge in [0.15, 0.2) is 5.90 Å². The number of ether oxygens (including phenoxy) is 3. The molecule has 3 aromatic carbocycles. The van der Waals surface area contributed by atoms with Crippen molar-refractivity contribution in [2.75, 3.05) is 20.8 Å². The average molecular weight is 554 g/mol. The van der Waals surface area contributed by atoms with Crippen molar-refractivity contribution in [1.29, 1.82) is 0 Å². The van der Waals surface area contributed by atoms with Crippen LogP contribution in [0.5, 0.6) is 11.5 Å². The first kappa shape index (κ1) is 27.8. The molecule has 0 bridgehead atoms. The third-order valence-corrected chi connectivity index (χ3v) is 9.43. The zero-order chi connectivity index (χ0) is 25.7. The fourth-order valence-corrected chi connectivity index (χ4v) is 7.39. The van der Waals surface area contributed by atoms with Gasteiger partial charge in [0.2, 0.25) is 0 Å². The summed E-state index contributed by atoms with van der Waals surface area (Å²) in [5, 5.41) is 0. The van der Waals surface area contributed by atoms with Crippen LogP contribution in [0.1, 0.15) is 38.5 Å². The maximum Gasteiger partial charge on any atom is 0.197 e. The van der Waals surface area contributed by atoms with Crippen molar-refractivity contribution in [3.63, 3.8) is 0 Å². The molecule has 0 N–H and O–H groups in total. The van der Waals surface area contributed by atoms with Crippen molar-refractivity contribution < 1.29 is 14.2 Å². The summed E-state index contributed by atoms with van der Waals surface area (Å²) in [6, 6.07) is 26.7. The molecule has 0 aliphatic heterocycles. The number of methoxy groups -OCH3 is 2. The zero-order valence-electron chi connectivity index (χ0n) is 21.5. The molecule has 4 nitrogen and oxygen atoms in total. The van der Waals surface area contributed by atoms with E-state index in [0.717, 1.165) is 38.7 Å². The summed E-state index contributed by atoms with van der Waals surface area (Å²) < 4.78 is 22.5. The third kappa shape index (κ3) is 9.55. The van der Waals surface area contributed by atoms with Gasteiger partial charge < -0.3 is 14.2 Å². The van der Waals surface area contributed by atoms with E-state index in [4.69, 9.17) is 18.6 Å². The van der Waals surface area contributed by atoms with Crippen molar-refractivity contribution in [2.45, 2.75) is 57.8 Å². The van der Waals surface area contributed by atoms with Crippen LogP contribution in [0.3, 0.4) is 0 Å². The lowest BCUT2D eigenvalue weighted by molar-refractivity contribution is 0.196. The van der Waals surface area contributed by atoms with Gasteiger partial charge in [0.25, 0.3) is 0 Å². The normalized spacial score (nSPS) is 14.5. The number of hydrogen-bond donors (Lipinski definition) is 0. The van der Waals surface area contributed by atoms with Crippen molar-refractivity contribution in [3.8, 4) is 11.5 Å². The van der Waals surface area contributed by atoms with E-state index in [2.05, 4.69) is 36.4 Å². The van der Waals surface area contributed by atoms with Gasteiger partial charge in [0.05, 0.1) is 25.4 Å². The molecule has 1 fully saturated rings. The van der Waals surface area contributed by atoms with E-state index in [1.807, 2.05) is 66.0 Å². The van der Waals surface area contributed by atoms with Gasteiger partial charge in [-0.1, -0.05) is 49.6 Å². The zero-order valence-corrected chi connectivity index (χ0v) is 24.0. The molecule has 4 rings (SSSR count). The number of rotatable bonds is 12. The standard InChI is InChI=1S/C30H35NO3S3/c1-32-24-13-9-17-27(19-24)35-30(36-28-18-10-14-25(20-28)33-2)21-29(31-37-26-15-7-4-8-16-26)34-22-23-11-5-3-6-12-23/h4,7-10,13-20,23,30H,3,5-6,11-12,21-22H2,1-2H3. The van der Waals surface area contributed by atoms with Crippen LogP contribution >= 0.6 is 35.5 Å². The van der Waals surface area contributed by atoms with E-state index in [-0.39, 0.29) is 4.58 Å². The van der Waals surface area contributed by atoms with Gasteiger partial charge in [-0.05, 0) is 67.3 Å². The summed E-state index contributed by atoms with van der Waals surface area (Å²) in [6.07, 6.45) is 7.16. The number of hydrogen-bond acceptors (Lipinski definition) is 7. The Kier molecular flexibility index (Phi) is 11.5. The van der Waals surface area contributed by atoms with E-state index in [9.17, 15) is 0 Å². The van der Waals surface area contributed by atoms with Crippen molar-refractivity contribution in [3.05, 3.63) is 78.9 Å². The lowest BCUT2D eigenvalue weighted by Gasteiger charge is -2.23. The second-order valence-corrected chi connectivity index (χ2v) is 12.6. The van der Waals surface area contributed by atoms with Crippen LogP contribution in [-0.2, 0) is 4.74 Å². The third-order valence-electron chi connectivity index (χ3n) is 6.17. The first-order valence-corrected chi connectivity index (χ1v) is 15.3. The Hall–Kier alpha value is -2.22. The highest BCUT2D eigenvalue weighted by molar-refractivity contribution is 8.17. The summed E-state index contributed by atoms with van der Waals surface area (Å²) in [7, 11) is 3.41. The van der Waals surface area contributed by atoms with Gasteiger partial charge in [0.1, 0.15) is 11.5 Å². The Morgan fingerprint density at radius 1 is 0.784 bits per heavy atom. The molecular formula is C30H35NO3S3. The lowest BCUT2D eigenvalue weighted by atomic mass is 9.90. The monoisotopic (exact) mass is 553 g/mol. The van der Waals surface area contributed by atoms with E-state index < -0.39 is 0 Å². The van der Waals surface area contributed by atoms with Crippen molar-refractivity contribution >= 4 is 41.4 Å². The van der Waals surface area contributed by atoms with Crippen molar-refractivity contribution in [2.24, 2.45) is 10.3 Å². The molecule has 37 heavy (non-hydrogen) atoms. The molecule has 1 aliphatic carbocycles. The summed E-state index contributed by atoms with van der Waals surface area (Å²) in [5.41, 5.74) is 0. The molecule has 7 heteroatoms. The fraction of sp³-hybridized carbons (Fsp3) is 0.367. The molecule has 0 heterocycles. The number of thioether (sulfide) groups is 2. The van der Waals surface area contributed by atoms with E-state index >= 15 is 0 Å². The molecular weight excluding hydrogens is 519 g/mol. The lowest BCUT2D eigenvalue weighted by Crippen LogP contribution is -2.18. The van der Waals surface area contributed by atoms with Gasteiger partial charge in [-0.15, -0.1) is 23.5 Å². The first-order valence-electron chi connectivity index (χ1n) is 12.7.